The van der Waals surface area contributed by atoms with Crippen LogP contribution in [0.5, 0.6) is 0 Å². The van der Waals surface area contributed by atoms with Gasteiger partial charge in [-0.1, -0.05) is 0 Å². The van der Waals surface area contributed by atoms with Crippen molar-refractivity contribution in [1.29, 1.82) is 0 Å². The van der Waals surface area contributed by atoms with E-state index in [1.54, 1.807) is 0 Å². The summed E-state index contributed by atoms with van der Waals surface area (Å²) in [6.07, 6.45) is 2.97. The van der Waals surface area contributed by atoms with Crippen molar-refractivity contribution in [2.45, 2.75) is 31.8 Å². The van der Waals surface area contributed by atoms with Gasteiger partial charge in [0.15, 0.2) is 0 Å². The summed E-state index contributed by atoms with van der Waals surface area (Å²) in [6, 6.07) is 1.91. The Labute approximate surface area is 102 Å². The number of rotatable bonds is 2. The summed E-state index contributed by atoms with van der Waals surface area (Å²) in [4.78, 5) is 13.0. The molecule has 1 fully saturated rings. The molecular formula is C11H13BrO2S. The van der Waals surface area contributed by atoms with E-state index >= 15 is 0 Å². The molecule has 1 aliphatic rings. The second kappa shape index (κ2) is 4.36. The van der Waals surface area contributed by atoms with Crippen LogP contribution in [0.1, 0.15) is 35.9 Å². The van der Waals surface area contributed by atoms with E-state index in [2.05, 4.69) is 15.9 Å². The number of ketones is 1. The van der Waals surface area contributed by atoms with Crippen molar-refractivity contribution in [3.8, 4) is 0 Å². The Morgan fingerprint density at radius 3 is 2.93 bits per heavy atom. The summed E-state index contributed by atoms with van der Waals surface area (Å²) in [6.45, 7) is 2.60. The zero-order valence-corrected chi connectivity index (χ0v) is 11.0. The van der Waals surface area contributed by atoms with Gasteiger partial charge in [-0.05, 0) is 53.6 Å². The van der Waals surface area contributed by atoms with Crippen LogP contribution in [0, 0.1) is 0 Å². The molecule has 0 aromatic carbocycles. The van der Waals surface area contributed by atoms with Crippen LogP contribution in [0.3, 0.4) is 0 Å². The Kier molecular flexibility index (Phi) is 3.28. The van der Waals surface area contributed by atoms with Crippen molar-refractivity contribution >= 4 is 33.0 Å². The van der Waals surface area contributed by atoms with E-state index < -0.39 is 5.60 Å². The Morgan fingerprint density at radius 2 is 2.40 bits per heavy atom. The molecular weight excluding hydrogens is 276 g/mol. The van der Waals surface area contributed by atoms with E-state index in [9.17, 15) is 4.79 Å². The fourth-order valence-corrected chi connectivity index (χ4v) is 3.42. The molecule has 1 aromatic heterocycles. The lowest BCUT2D eigenvalue weighted by atomic mass is 9.91. The standard InChI is InChI=1S/C11H13BrO2S/c1-11(5-2-3-6-14-11)10(13)9-8(12)4-7-15-9/h4,7H,2-3,5-6H2,1H3. The third kappa shape index (κ3) is 2.17. The molecule has 2 rings (SSSR count). The molecule has 0 spiro atoms. The van der Waals surface area contributed by atoms with Crippen LogP contribution in [0.15, 0.2) is 15.9 Å². The fraction of sp³-hybridized carbons (Fsp3) is 0.545. The van der Waals surface area contributed by atoms with Gasteiger partial charge in [0.25, 0.3) is 0 Å². The maximum Gasteiger partial charge on any atom is 0.205 e. The first kappa shape index (κ1) is 11.3. The first-order valence-corrected chi connectivity index (χ1v) is 6.72. The molecule has 0 aliphatic carbocycles. The van der Waals surface area contributed by atoms with E-state index in [1.807, 2.05) is 18.4 Å². The normalized spacial score (nSPS) is 26.5. The third-order valence-electron chi connectivity index (χ3n) is 2.77. The SMILES string of the molecule is CC1(C(=O)c2sccc2Br)CCCCO1. The second-order valence-corrected chi connectivity index (χ2v) is 5.73. The molecule has 82 valence electrons. The maximum atomic E-state index is 12.3. The van der Waals surface area contributed by atoms with E-state index in [0.717, 1.165) is 28.6 Å². The molecule has 4 heteroatoms. The first-order valence-electron chi connectivity index (χ1n) is 5.05. The first-order chi connectivity index (χ1) is 7.13. The van der Waals surface area contributed by atoms with Gasteiger partial charge in [-0.15, -0.1) is 11.3 Å². The lowest BCUT2D eigenvalue weighted by Crippen LogP contribution is -2.41. The van der Waals surface area contributed by atoms with Crippen LogP contribution in [0.4, 0.5) is 0 Å². The van der Waals surface area contributed by atoms with Gasteiger partial charge < -0.3 is 4.74 Å². The highest BCUT2D eigenvalue weighted by molar-refractivity contribution is 9.10. The average molecular weight is 289 g/mol. The summed E-state index contributed by atoms with van der Waals surface area (Å²) in [5.74, 6) is 0.115. The molecule has 1 saturated heterocycles. The van der Waals surface area contributed by atoms with Gasteiger partial charge in [-0.25, -0.2) is 0 Å². The van der Waals surface area contributed by atoms with Crippen molar-refractivity contribution in [3.05, 3.63) is 20.8 Å². The smallest absolute Gasteiger partial charge is 0.205 e. The van der Waals surface area contributed by atoms with Gasteiger partial charge in [0.2, 0.25) is 5.78 Å². The van der Waals surface area contributed by atoms with E-state index in [-0.39, 0.29) is 5.78 Å². The van der Waals surface area contributed by atoms with Crippen LogP contribution in [0.2, 0.25) is 0 Å². The minimum Gasteiger partial charge on any atom is -0.367 e. The summed E-state index contributed by atoms with van der Waals surface area (Å²) in [5.41, 5.74) is -0.606. The molecule has 0 radical (unpaired) electrons. The Hall–Kier alpha value is -0.190. The van der Waals surface area contributed by atoms with Crippen molar-refractivity contribution < 1.29 is 9.53 Å². The van der Waals surface area contributed by atoms with Crippen LogP contribution in [-0.2, 0) is 4.74 Å². The number of hydrogen-bond donors (Lipinski definition) is 0. The zero-order valence-electron chi connectivity index (χ0n) is 8.59. The van der Waals surface area contributed by atoms with Crippen molar-refractivity contribution in [1.82, 2.24) is 0 Å². The third-order valence-corrected chi connectivity index (χ3v) is 4.61. The van der Waals surface area contributed by atoms with Gasteiger partial charge in [0.1, 0.15) is 5.60 Å². The Balaban J connectivity index is 2.23. The van der Waals surface area contributed by atoms with Crippen molar-refractivity contribution in [2.75, 3.05) is 6.61 Å². The fourth-order valence-electron chi connectivity index (χ4n) is 1.81. The molecule has 1 aliphatic heterocycles. The minimum absolute atomic E-state index is 0.115. The zero-order chi connectivity index (χ0) is 10.9. The molecule has 2 nitrogen and oxygen atoms in total. The van der Waals surface area contributed by atoms with Crippen LogP contribution >= 0.6 is 27.3 Å². The molecule has 0 bridgehead atoms. The highest BCUT2D eigenvalue weighted by Crippen LogP contribution is 2.33. The second-order valence-electron chi connectivity index (χ2n) is 3.96. The van der Waals surface area contributed by atoms with Crippen LogP contribution in [-0.4, -0.2) is 18.0 Å². The number of carbonyl (C=O) groups excluding carboxylic acids is 1. The monoisotopic (exact) mass is 288 g/mol. The number of hydrogen-bond acceptors (Lipinski definition) is 3. The van der Waals surface area contributed by atoms with Crippen molar-refractivity contribution in [2.24, 2.45) is 0 Å². The predicted molar refractivity (Wildman–Crippen MR) is 64.6 cm³/mol. The molecule has 2 heterocycles. The van der Waals surface area contributed by atoms with Gasteiger partial charge in [-0.2, -0.15) is 0 Å². The molecule has 1 aromatic rings. The largest absolute Gasteiger partial charge is 0.367 e. The number of carbonyl (C=O) groups is 1. The highest BCUT2D eigenvalue weighted by atomic mass is 79.9. The van der Waals surface area contributed by atoms with Gasteiger partial charge in [0, 0.05) is 11.1 Å². The van der Waals surface area contributed by atoms with Crippen molar-refractivity contribution in [3.63, 3.8) is 0 Å². The van der Waals surface area contributed by atoms with Gasteiger partial charge in [0.05, 0.1) is 4.88 Å². The molecule has 1 unspecified atom stereocenters. The predicted octanol–water partition coefficient (Wildman–Crippen LogP) is 3.65. The minimum atomic E-state index is -0.606. The lowest BCUT2D eigenvalue weighted by Gasteiger charge is -2.32. The molecule has 0 amide bonds. The topological polar surface area (TPSA) is 26.3 Å². The Bertz CT molecular complexity index is 366. The summed E-state index contributed by atoms with van der Waals surface area (Å²) < 4.78 is 6.52. The summed E-state index contributed by atoms with van der Waals surface area (Å²) >= 11 is 4.87. The number of halogens is 1. The van der Waals surface area contributed by atoms with Crippen LogP contribution < -0.4 is 0 Å². The number of ether oxygens (including phenoxy) is 1. The molecule has 0 N–H and O–H groups in total. The number of thiophene rings is 1. The van der Waals surface area contributed by atoms with Gasteiger partial charge in [-0.3, -0.25) is 4.79 Å². The summed E-state index contributed by atoms with van der Waals surface area (Å²) in [5, 5.41) is 1.92. The van der Waals surface area contributed by atoms with E-state index in [1.165, 1.54) is 11.3 Å². The quantitative estimate of drug-likeness (QED) is 0.777. The summed E-state index contributed by atoms with van der Waals surface area (Å²) in [7, 11) is 0. The van der Waals surface area contributed by atoms with E-state index in [0.29, 0.717) is 6.61 Å². The molecule has 0 saturated carbocycles. The number of Topliss-reactive ketones (excluding diaryl/α,β-unsaturated/α-hetero) is 1. The molecule has 1 atom stereocenters. The lowest BCUT2D eigenvalue weighted by molar-refractivity contribution is -0.0424. The van der Waals surface area contributed by atoms with Gasteiger partial charge >= 0.3 is 0 Å². The van der Waals surface area contributed by atoms with Crippen LogP contribution in [0.25, 0.3) is 0 Å². The average Bonchev–Trinajstić information content (AvgIpc) is 2.64. The maximum absolute atomic E-state index is 12.3. The van der Waals surface area contributed by atoms with E-state index in [4.69, 9.17) is 4.74 Å². The highest BCUT2D eigenvalue weighted by Gasteiger charge is 2.37. The molecule has 15 heavy (non-hydrogen) atoms. The Morgan fingerprint density at radius 1 is 1.60 bits per heavy atom.